The fourth-order valence-electron chi connectivity index (χ4n) is 2.85. The SMILES string of the molecule is CC(Nc1ccc2ncc(-c3cn(CCO)nn3)n2n1)c1cc(F)c[nH]c1=O. The van der Waals surface area contributed by atoms with E-state index in [2.05, 4.69) is 30.7 Å². The van der Waals surface area contributed by atoms with Crippen molar-refractivity contribution in [2.45, 2.75) is 19.5 Å². The largest absolute Gasteiger partial charge is 0.394 e. The molecule has 0 amide bonds. The number of hydrogen-bond donors (Lipinski definition) is 3. The lowest BCUT2D eigenvalue weighted by Gasteiger charge is -2.14. The predicted octanol–water partition coefficient (Wildman–Crippen LogP) is 0.981. The Morgan fingerprint density at radius 2 is 2.25 bits per heavy atom. The molecule has 0 saturated carbocycles. The molecule has 0 spiro atoms. The number of nitrogens with one attached hydrogen (secondary N) is 2. The summed E-state index contributed by atoms with van der Waals surface area (Å²) in [6, 6.07) is 4.21. The third kappa shape index (κ3) is 3.34. The maximum atomic E-state index is 13.5. The highest BCUT2D eigenvalue weighted by Gasteiger charge is 2.14. The van der Waals surface area contributed by atoms with Crippen molar-refractivity contribution in [3.05, 3.63) is 58.5 Å². The smallest absolute Gasteiger partial charge is 0.253 e. The first-order valence-corrected chi connectivity index (χ1v) is 8.56. The molecule has 0 aliphatic heterocycles. The number of aromatic nitrogens is 7. The van der Waals surface area contributed by atoms with E-state index in [0.29, 0.717) is 29.4 Å². The first kappa shape index (κ1) is 17.8. The summed E-state index contributed by atoms with van der Waals surface area (Å²) in [6.45, 7) is 2.04. The number of imidazole rings is 1. The van der Waals surface area contributed by atoms with E-state index in [1.54, 1.807) is 36.0 Å². The number of H-pyrrole nitrogens is 1. The van der Waals surface area contributed by atoms with Crippen molar-refractivity contribution in [1.82, 2.24) is 34.6 Å². The highest BCUT2D eigenvalue weighted by atomic mass is 19.1. The van der Waals surface area contributed by atoms with Crippen LogP contribution in [0.25, 0.3) is 17.0 Å². The molecule has 0 radical (unpaired) electrons. The molecule has 0 fully saturated rings. The van der Waals surface area contributed by atoms with Gasteiger partial charge in [-0.05, 0) is 25.1 Å². The molecule has 1 unspecified atom stereocenters. The highest BCUT2D eigenvalue weighted by molar-refractivity contribution is 5.59. The van der Waals surface area contributed by atoms with E-state index >= 15 is 0 Å². The van der Waals surface area contributed by atoms with Crippen LogP contribution < -0.4 is 10.9 Å². The number of fused-ring (bicyclic) bond motifs is 1. The van der Waals surface area contributed by atoms with Crippen LogP contribution in [0.15, 0.2) is 41.6 Å². The van der Waals surface area contributed by atoms with Crippen molar-refractivity contribution in [3.63, 3.8) is 0 Å². The lowest BCUT2D eigenvalue weighted by Crippen LogP contribution is -2.20. The average Bonchev–Trinajstić information content (AvgIpc) is 3.30. The summed E-state index contributed by atoms with van der Waals surface area (Å²) < 4.78 is 16.6. The van der Waals surface area contributed by atoms with Crippen LogP contribution in [0.1, 0.15) is 18.5 Å². The summed E-state index contributed by atoms with van der Waals surface area (Å²) in [7, 11) is 0. The van der Waals surface area contributed by atoms with Gasteiger partial charge >= 0.3 is 0 Å². The molecule has 1 atom stereocenters. The minimum atomic E-state index is -0.519. The molecule has 0 bridgehead atoms. The molecule has 4 heterocycles. The number of aliphatic hydroxyl groups is 1. The fourth-order valence-corrected chi connectivity index (χ4v) is 2.85. The zero-order valence-corrected chi connectivity index (χ0v) is 14.9. The Kier molecular flexibility index (Phi) is 4.57. The van der Waals surface area contributed by atoms with Crippen LogP contribution in [0.4, 0.5) is 10.2 Å². The molecular formula is C17H17FN8O2. The van der Waals surface area contributed by atoms with Crippen LogP contribution in [0, 0.1) is 5.82 Å². The van der Waals surface area contributed by atoms with Gasteiger partial charge in [-0.2, -0.15) is 0 Å². The molecule has 11 heteroatoms. The predicted molar refractivity (Wildman–Crippen MR) is 98.1 cm³/mol. The third-order valence-corrected chi connectivity index (χ3v) is 4.22. The Bertz CT molecular complexity index is 1180. The molecule has 0 saturated heterocycles. The van der Waals surface area contributed by atoms with Gasteiger partial charge in [-0.1, -0.05) is 5.21 Å². The van der Waals surface area contributed by atoms with Crippen molar-refractivity contribution < 1.29 is 9.50 Å². The van der Waals surface area contributed by atoms with Crippen molar-refractivity contribution in [3.8, 4) is 11.4 Å². The summed E-state index contributed by atoms with van der Waals surface area (Å²) in [4.78, 5) is 18.6. The Morgan fingerprint density at radius 3 is 3.07 bits per heavy atom. The first-order valence-electron chi connectivity index (χ1n) is 8.56. The summed E-state index contributed by atoms with van der Waals surface area (Å²) in [5.41, 5.74) is 1.68. The van der Waals surface area contributed by atoms with Gasteiger partial charge in [0, 0.05) is 11.8 Å². The molecule has 0 aromatic carbocycles. The summed E-state index contributed by atoms with van der Waals surface area (Å²) in [6.07, 6.45) is 4.33. The number of nitrogens with zero attached hydrogens (tertiary/aromatic N) is 6. The maximum absolute atomic E-state index is 13.5. The minimum absolute atomic E-state index is 0.0423. The third-order valence-electron chi connectivity index (χ3n) is 4.22. The van der Waals surface area contributed by atoms with Crippen LogP contribution >= 0.6 is 0 Å². The van der Waals surface area contributed by atoms with E-state index in [1.807, 2.05) is 0 Å². The summed E-state index contributed by atoms with van der Waals surface area (Å²) in [5, 5.41) is 24.6. The Morgan fingerprint density at radius 1 is 1.39 bits per heavy atom. The monoisotopic (exact) mass is 384 g/mol. The van der Waals surface area contributed by atoms with Crippen LogP contribution in [0.5, 0.6) is 0 Å². The van der Waals surface area contributed by atoms with Crippen molar-refractivity contribution >= 4 is 11.5 Å². The molecule has 4 rings (SSSR count). The van der Waals surface area contributed by atoms with Gasteiger partial charge in [-0.3, -0.25) is 4.79 Å². The van der Waals surface area contributed by atoms with Gasteiger partial charge in [-0.15, -0.1) is 10.2 Å². The van der Waals surface area contributed by atoms with E-state index in [4.69, 9.17) is 5.11 Å². The van der Waals surface area contributed by atoms with Crippen LogP contribution in [0.3, 0.4) is 0 Å². The van der Waals surface area contributed by atoms with Gasteiger partial charge in [0.05, 0.1) is 31.6 Å². The number of anilines is 1. The van der Waals surface area contributed by atoms with Crippen molar-refractivity contribution in [2.75, 3.05) is 11.9 Å². The lowest BCUT2D eigenvalue weighted by atomic mass is 10.1. The van der Waals surface area contributed by atoms with E-state index in [-0.39, 0.29) is 17.7 Å². The van der Waals surface area contributed by atoms with Crippen molar-refractivity contribution in [2.24, 2.45) is 0 Å². The van der Waals surface area contributed by atoms with Gasteiger partial charge in [0.15, 0.2) is 5.65 Å². The van der Waals surface area contributed by atoms with Gasteiger partial charge in [0.2, 0.25) is 0 Å². The molecular weight excluding hydrogens is 367 g/mol. The fraction of sp³-hybridized carbons (Fsp3) is 0.235. The van der Waals surface area contributed by atoms with Gasteiger partial charge < -0.3 is 15.4 Å². The molecule has 0 aliphatic carbocycles. The second-order valence-electron chi connectivity index (χ2n) is 6.19. The van der Waals surface area contributed by atoms with Gasteiger partial charge in [0.25, 0.3) is 5.56 Å². The molecule has 144 valence electrons. The first-order chi connectivity index (χ1) is 13.5. The lowest BCUT2D eigenvalue weighted by molar-refractivity contribution is 0.268. The Labute approximate surface area is 157 Å². The normalized spacial score (nSPS) is 12.4. The number of hydrogen-bond acceptors (Lipinski definition) is 7. The number of rotatable bonds is 6. The molecule has 0 aliphatic rings. The average molecular weight is 384 g/mol. The Balaban J connectivity index is 1.65. The van der Waals surface area contributed by atoms with E-state index in [0.717, 1.165) is 6.20 Å². The summed E-state index contributed by atoms with van der Waals surface area (Å²) in [5.74, 6) is -0.0415. The number of aromatic amines is 1. The quantitative estimate of drug-likeness (QED) is 0.452. The zero-order chi connectivity index (χ0) is 19.7. The number of pyridine rings is 1. The van der Waals surface area contributed by atoms with E-state index in [9.17, 15) is 9.18 Å². The zero-order valence-electron chi connectivity index (χ0n) is 14.9. The standard InChI is InChI=1S/C17H17FN8O2/c1-10(12-6-11(18)7-20-17(12)28)21-15-2-3-16-19-8-14(26(16)23-15)13-9-25(4-5-27)24-22-13/h2-3,6-10,27H,4-5H2,1H3,(H,20,28)(H,21,23). The maximum Gasteiger partial charge on any atom is 0.253 e. The topological polar surface area (TPSA) is 126 Å². The van der Waals surface area contributed by atoms with Crippen molar-refractivity contribution in [1.29, 1.82) is 0 Å². The number of halogens is 1. The minimum Gasteiger partial charge on any atom is -0.394 e. The van der Waals surface area contributed by atoms with Gasteiger partial charge in [-0.25, -0.2) is 18.6 Å². The number of aliphatic hydroxyl groups excluding tert-OH is 1. The van der Waals surface area contributed by atoms with E-state index in [1.165, 1.54) is 10.7 Å². The molecule has 3 N–H and O–H groups in total. The Hall–Kier alpha value is -3.60. The van der Waals surface area contributed by atoms with Crippen LogP contribution in [-0.2, 0) is 6.54 Å². The molecule has 4 aromatic rings. The van der Waals surface area contributed by atoms with E-state index < -0.39 is 11.9 Å². The highest BCUT2D eigenvalue weighted by Crippen LogP contribution is 2.20. The van der Waals surface area contributed by atoms with Crippen LogP contribution in [0.2, 0.25) is 0 Å². The van der Waals surface area contributed by atoms with Gasteiger partial charge in [0.1, 0.15) is 23.0 Å². The summed E-state index contributed by atoms with van der Waals surface area (Å²) >= 11 is 0. The molecule has 28 heavy (non-hydrogen) atoms. The second-order valence-corrected chi connectivity index (χ2v) is 6.19. The molecule has 4 aromatic heterocycles. The second kappa shape index (κ2) is 7.19. The molecule has 10 nitrogen and oxygen atoms in total. The van der Waals surface area contributed by atoms with Crippen LogP contribution in [-0.4, -0.2) is 46.3 Å².